The number of hydrogen-bond donors (Lipinski definition) is 3. The fourth-order valence-corrected chi connectivity index (χ4v) is 3.48. The Morgan fingerprint density at radius 1 is 1.36 bits per heavy atom. The second kappa shape index (κ2) is 7.11. The molecule has 1 aromatic carbocycles. The summed E-state index contributed by atoms with van der Waals surface area (Å²) < 4.78 is 24.8. The van der Waals surface area contributed by atoms with E-state index in [9.17, 15) is 13.2 Å². The van der Waals surface area contributed by atoms with Gasteiger partial charge in [0.25, 0.3) is 5.91 Å². The maximum absolute atomic E-state index is 12.3. The normalized spacial score (nSPS) is 21.5. The topological polar surface area (TPSA) is 95.5 Å². The van der Waals surface area contributed by atoms with E-state index in [1.54, 1.807) is 18.2 Å². The third-order valence-electron chi connectivity index (χ3n) is 3.90. The highest BCUT2D eigenvalue weighted by atomic mass is 32.2. The highest BCUT2D eigenvalue weighted by Gasteiger charge is 2.28. The average molecular weight is 326 g/mol. The van der Waals surface area contributed by atoms with Gasteiger partial charge in [0.2, 0.25) is 10.0 Å². The van der Waals surface area contributed by atoms with Crippen LogP contribution >= 0.6 is 0 Å². The molecule has 3 N–H and O–H groups in total. The summed E-state index contributed by atoms with van der Waals surface area (Å²) in [4.78, 5) is 12.3. The lowest BCUT2D eigenvalue weighted by atomic mass is 9.99. The summed E-state index contributed by atoms with van der Waals surface area (Å²) in [5.74, 6) is 0.0956. The first kappa shape index (κ1) is 16.8. The molecule has 22 heavy (non-hydrogen) atoms. The molecule has 1 aromatic rings. The molecule has 1 aliphatic carbocycles. The van der Waals surface area contributed by atoms with Gasteiger partial charge in [0.1, 0.15) is 0 Å². The highest BCUT2D eigenvalue weighted by Crippen LogP contribution is 2.28. The minimum atomic E-state index is -3.37. The average Bonchev–Trinajstić information content (AvgIpc) is 2.85. The first-order valence-corrected chi connectivity index (χ1v) is 9.28. The molecular formula is C15H22N2O4S. The molecule has 7 heteroatoms. The molecule has 1 amide bonds. The van der Waals surface area contributed by atoms with Gasteiger partial charge in [0.15, 0.2) is 0 Å². The number of hydrogen-bond acceptors (Lipinski definition) is 4. The molecule has 0 radical (unpaired) electrons. The van der Waals surface area contributed by atoms with Crippen molar-refractivity contribution in [1.29, 1.82) is 0 Å². The van der Waals surface area contributed by atoms with Crippen LogP contribution in [0.2, 0.25) is 0 Å². The molecule has 0 spiro atoms. The van der Waals surface area contributed by atoms with E-state index >= 15 is 0 Å². The zero-order chi connectivity index (χ0) is 16.2. The summed E-state index contributed by atoms with van der Waals surface area (Å²) in [6.45, 7) is 0.130. The van der Waals surface area contributed by atoms with Crippen molar-refractivity contribution in [3.8, 4) is 0 Å². The molecule has 6 nitrogen and oxygen atoms in total. The number of carbonyl (C=O) groups is 1. The Morgan fingerprint density at radius 2 is 2.14 bits per heavy atom. The van der Waals surface area contributed by atoms with Crippen LogP contribution in [0.15, 0.2) is 24.3 Å². The van der Waals surface area contributed by atoms with Gasteiger partial charge in [-0.15, -0.1) is 0 Å². The Labute approximate surface area is 131 Å². The Hall–Kier alpha value is -1.60. The van der Waals surface area contributed by atoms with E-state index in [-0.39, 0.29) is 18.6 Å². The van der Waals surface area contributed by atoms with Crippen molar-refractivity contribution in [3.63, 3.8) is 0 Å². The Balaban J connectivity index is 2.05. The summed E-state index contributed by atoms with van der Waals surface area (Å²) >= 11 is 0. The van der Waals surface area contributed by atoms with E-state index < -0.39 is 10.0 Å². The van der Waals surface area contributed by atoms with Crippen LogP contribution in [0.4, 0.5) is 5.69 Å². The molecule has 1 saturated carbocycles. The first-order chi connectivity index (χ1) is 10.4. The second-order valence-electron chi connectivity index (χ2n) is 5.74. The molecule has 2 rings (SSSR count). The number of nitrogens with one attached hydrogen (secondary N) is 2. The number of sulfonamides is 1. The summed E-state index contributed by atoms with van der Waals surface area (Å²) in [7, 11) is -3.37. The number of carbonyl (C=O) groups excluding carboxylic acids is 1. The summed E-state index contributed by atoms with van der Waals surface area (Å²) in [6.07, 6.45) is 4.74. The van der Waals surface area contributed by atoms with Gasteiger partial charge in [-0.05, 0) is 43.4 Å². The van der Waals surface area contributed by atoms with Crippen LogP contribution in [-0.2, 0) is 10.0 Å². The number of aliphatic hydroxyl groups is 1. The van der Waals surface area contributed by atoms with Gasteiger partial charge in [0.05, 0.1) is 6.26 Å². The third kappa shape index (κ3) is 4.71. The lowest BCUT2D eigenvalue weighted by Crippen LogP contribution is -2.37. The van der Waals surface area contributed by atoms with Gasteiger partial charge in [-0.25, -0.2) is 8.42 Å². The van der Waals surface area contributed by atoms with Crippen LogP contribution in [0.5, 0.6) is 0 Å². The van der Waals surface area contributed by atoms with Crippen LogP contribution in [0.1, 0.15) is 36.0 Å². The standard InChI is InChI=1S/C15H22N2O4S/c1-22(20,21)17-13-6-2-5-12(10-13)15(19)16-14-7-3-4-11(14)8-9-18/h2,5-6,10-11,14,17-18H,3-4,7-9H2,1H3,(H,16,19)/t11-,14-/m0/s1. The highest BCUT2D eigenvalue weighted by molar-refractivity contribution is 7.92. The molecule has 1 aliphatic rings. The third-order valence-corrected chi connectivity index (χ3v) is 4.51. The van der Waals surface area contributed by atoms with Gasteiger partial charge < -0.3 is 10.4 Å². The fourth-order valence-electron chi connectivity index (χ4n) is 2.93. The SMILES string of the molecule is CS(=O)(=O)Nc1cccc(C(=O)N[C@H]2CCC[C@H]2CCO)c1. The molecule has 0 bridgehead atoms. The number of anilines is 1. The van der Waals surface area contributed by atoms with Crippen molar-refractivity contribution in [2.45, 2.75) is 31.7 Å². The number of aliphatic hydroxyl groups excluding tert-OH is 1. The Bertz CT molecular complexity index is 630. The molecule has 0 saturated heterocycles. The smallest absolute Gasteiger partial charge is 0.251 e. The van der Waals surface area contributed by atoms with Crippen LogP contribution in [0.25, 0.3) is 0 Å². The number of amides is 1. The quantitative estimate of drug-likeness (QED) is 0.735. The van der Waals surface area contributed by atoms with Gasteiger partial charge in [0, 0.05) is 23.9 Å². The molecule has 1 fully saturated rings. The van der Waals surface area contributed by atoms with Crippen LogP contribution < -0.4 is 10.0 Å². The van der Waals surface area contributed by atoms with Crippen molar-refractivity contribution >= 4 is 21.6 Å². The zero-order valence-electron chi connectivity index (χ0n) is 12.6. The summed E-state index contributed by atoms with van der Waals surface area (Å²) in [5.41, 5.74) is 0.789. The minimum Gasteiger partial charge on any atom is -0.396 e. The molecule has 0 heterocycles. The van der Waals surface area contributed by atoms with Crippen LogP contribution in [-0.4, -0.2) is 38.3 Å². The largest absolute Gasteiger partial charge is 0.396 e. The Kier molecular flexibility index (Phi) is 5.42. The van der Waals surface area contributed by atoms with E-state index in [1.807, 2.05) is 0 Å². The molecule has 0 aromatic heterocycles. The molecule has 0 aliphatic heterocycles. The van der Waals surface area contributed by atoms with E-state index in [0.29, 0.717) is 23.6 Å². The van der Waals surface area contributed by atoms with E-state index in [1.165, 1.54) is 6.07 Å². The maximum atomic E-state index is 12.3. The number of benzene rings is 1. The van der Waals surface area contributed by atoms with Crippen molar-refractivity contribution < 1.29 is 18.3 Å². The zero-order valence-corrected chi connectivity index (χ0v) is 13.4. The Morgan fingerprint density at radius 3 is 2.82 bits per heavy atom. The maximum Gasteiger partial charge on any atom is 0.251 e. The molecule has 2 atom stereocenters. The van der Waals surface area contributed by atoms with Crippen molar-refractivity contribution in [2.75, 3.05) is 17.6 Å². The first-order valence-electron chi connectivity index (χ1n) is 7.38. The molecule has 0 unspecified atom stereocenters. The van der Waals surface area contributed by atoms with Crippen molar-refractivity contribution in [2.24, 2.45) is 5.92 Å². The second-order valence-corrected chi connectivity index (χ2v) is 7.49. The van der Waals surface area contributed by atoms with Crippen molar-refractivity contribution in [3.05, 3.63) is 29.8 Å². The van der Waals surface area contributed by atoms with Gasteiger partial charge in [-0.2, -0.15) is 0 Å². The van der Waals surface area contributed by atoms with E-state index in [0.717, 1.165) is 25.5 Å². The lowest BCUT2D eigenvalue weighted by molar-refractivity contribution is 0.0923. The summed E-state index contributed by atoms with van der Waals surface area (Å²) in [5, 5.41) is 12.1. The lowest BCUT2D eigenvalue weighted by Gasteiger charge is -2.20. The van der Waals surface area contributed by atoms with Gasteiger partial charge >= 0.3 is 0 Å². The predicted molar refractivity (Wildman–Crippen MR) is 85.2 cm³/mol. The van der Waals surface area contributed by atoms with E-state index in [2.05, 4.69) is 10.0 Å². The van der Waals surface area contributed by atoms with Crippen molar-refractivity contribution in [1.82, 2.24) is 5.32 Å². The van der Waals surface area contributed by atoms with Crippen LogP contribution in [0.3, 0.4) is 0 Å². The molecule has 122 valence electrons. The monoisotopic (exact) mass is 326 g/mol. The number of rotatable bonds is 6. The fraction of sp³-hybridized carbons (Fsp3) is 0.533. The minimum absolute atomic E-state index is 0.0752. The van der Waals surface area contributed by atoms with Crippen LogP contribution in [0, 0.1) is 5.92 Å². The van der Waals surface area contributed by atoms with Gasteiger partial charge in [-0.1, -0.05) is 12.5 Å². The molecular weight excluding hydrogens is 304 g/mol. The van der Waals surface area contributed by atoms with Gasteiger partial charge in [-0.3, -0.25) is 9.52 Å². The van der Waals surface area contributed by atoms with E-state index in [4.69, 9.17) is 5.11 Å². The summed E-state index contributed by atoms with van der Waals surface area (Å²) in [6, 6.07) is 6.49. The predicted octanol–water partition coefficient (Wildman–Crippen LogP) is 1.34.